The molecule has 6 nitrogen and oxygen atoms in total. The van der Waals surface area contributed by atoms with E-state index >= 15 is 0 Å². The number of ether oxygens (including phenoxy) is 3. The molecule has 1 atom stereocenters. The SMILES string of the molecule is CCNC(=NCC(OC)c1ccccc1)Nc1ccc(OC)c(OCC)c1.I. The first-order valence-corrected chi connectivity index (χ1v) is 9.15. The first-order chi connectivity index (χ1) is 13.2. The van der Waals surface area contributed by atoms with Crippen LogP contribution in [0, 0.1) is 0 Å². The van der Waals surface area contributed by atoms with Crippen LogP contribution in [0.15, 0.2) is 53.5 Å². The second kappa shape index (κ2) is 13.2. The molecule has 0 heterocycles. The van der Waals surface area contributed by atoms with Crippen LogP contribution in [0.1, 0.15) is 25.5 Å². The van der Waals surface area contributed by atoms with E-state index in [9.17, 15) is 0 Å². The Morgan fingerprint density at radius 1 is 1.04 bits per heavy atom. The van der Waals surface area contributed by atoms with Gasteiger partial charge in [-0.3, -0.25) is 0 Å². The number of hydrogen-bond donors (Lipinski definition) is 2. The maximum atomic E-state index is 5.64. The molecule has 0 fully saturated rings. The third kappa shape index (κ3) is 7.20. The minimum Gasteiger partial charge on any atom is -0.493 e. The predicted molar refractivity (Wildman–Crippen MR) is 125 cm³/mol. The van der Waals surface area contributed by atoms with Crippen molar-refractivity contribution < 1.29 is 14.2 Å². The molecule has 0 spiro atoms. The van der Waals surface area contributed by atoms with Gasteiger partial charge in [-0.05, 0) is 31.5 Å². The van der Waals surface area contributed by atoms with Gasteiger partial charge in [0.1, 0.15) is 6.10 Å². The summed E-state index contributed by atoms with van der Waals surface area (Å²) in [4.78, 5) is 4.67. The number of aliphatic imine (C=N–C) groups is 1. The molecule has 28 heavy (non-hydrogen) atoms. The zero-order valence-corrected chi connectivity index (χ0v) is 19.2. The van der Waals surface area contributed by atoms with Crippen LogP contribution in [0.4, 0.5) is 5.69 Å². The van der Waals surface area contributed by atoms with Gasteiger partial charge in [0.05, 0.1) is 20.3 Å². The minimum absolute atomic E-state index is 0. The fourth-order valence-corrected chi connectivity index (χ4v) is 2.62. The van der Waals surface area contributed by atoms with E-state index in [1.54, 1.807) is 14.2 Å². The fraction of sp³-hybridized carbons (Fsp3) is 0.381. The molecule has 0 aromatic heterocycles. The van der Waals surface area contributed by atoms with Gasteiger partial charge in [-0.1, -0.05) is 30.3 Å². The number of nitrogens with zero attached hydrogens (tertiary/aromatic N) is 1. The third-order valence-corrected chi connectivity index (χ3v) is 3.94. The zero-order chi connectivity index (χ0) is 19.5. The lowest BCUT2D eigenvalue weighted by atomic mass is 10.1. The number of nitrogens with one attached hydrogen (secondary N) is 2. The van der Waals surface area contributed by atoms with Crippen LogP contribution in [0.2, 0.25) is 0 Å². The van der Waals surface area contributed by atoms with Crippen molar-refractivity contribution in [3.63, 3.8) is 0 Å². The maximum Gasteiger partial charge on any atom is 0.195 e. The molecule has 2 N–H and O–H groups in total. The molecular weight excluding hydrogens is 469 g/mol. The molecule has 7 heteroatoms. The average Bonchev–Trinajstić information content (AvgIpc) is 2.70. The molecule has 0 aliphatic heterocycles. The van der Waals surface area contributed by atoms with Gasteiger partial charge in [0, 0.05) is 25.4 Å². The Hall–Kier alpha value is -2.00. The van der Waals surface area contributed by atoms with Crippen LogP contribution in [0.3, 0.4) is 0 Å². The van der Waals surface area contributed by atoms with Crippen molar-refractivity contribution in [1.82, 2.24) is 5.32 Å². The molecule has 2 aromatic rings. The van der Waals surface area contributed by atoms with Gasteiger partial charge in [-0.2, -0.15) is 0 Å². The normalized spacial score (nSPS) is 11.9. The third-order valence-electron chi connectivity index (χ3n) is 3.94. The lowest BCUT2D eigenvalue weighted by molar-refractivity contribution is 0.111. The lowest BCUT2D eigenvalue weighted by Gasteiger charge is -2.17. The van der Waals surface area contributed by atoms with Gasteiger partial charge in [-0.25, -0.2) is 4.99 Å². The number of anilines is 1. The molecule has 0 aliphatic carbocycles. The highest BCUT2D eigenvalue weighted by atomic mass is 127. The van der Waals surface area contributed by atoms with Crippen LogP contribution in [0.25, 0.3) is 0 Å². The largest absolute Gasteiger partial charge is 0.493 e. The van der Waals surface area contributed by atoms with Gasteiger partial charge in [0.15, 0.2) is 17.5 Å². The van der Waals surface area contributed by atoms with E-state index in [0.29, 0.717) is 30.6 Å². The highest BCUT2D eigenvalue weighted by Crippen LogP contribution is 2.30. The van der Waals surface area contributed by atoms with E-state index in [1.807, 2.05) is 62.4 Å². The van der Waals surface area contributed by atoms with Crippen LogP contribution in [0.5, 0.6) is 11.5 Å². The smallest absolute Gasteiger partial charge is 0.195 e. The second-order valence-electron chi connectivity index (χ2n) is 5.78. The molecule has 154 valence electrons. The summed E-state index contributed by atoms with van der Waals surface area (Å²) in [7, 11) is 3.33. The molecule has 2 aromatic carbocycles. The Bertz CT molecular complexity index is 726. The molecule has 0 saturated heterocycles. The summed E-state index contributed by atoms with van der Waals surface area (Å²) in [6.07, 6.45) is -0.100. The highest BCUT2D eigenvalue weighted by Gasteiger charge is 2.11. The standard InChI is InChI=1S/C21H29N3O3.HI/c1-5-22-21(23-15-20(26-4)16-10-8-7-9-11-16)24-17-12-13-18(25-3)19(14-17)27-6-2;/h7-14,20H,5-6,15H2,1-4H3,(H2,22,23,24);1H. The van der Waals surface area contributed by atoms with E-state index in [1.165, 1.54) is 0 Å². The number of rotatable bonds is 9. The number of hydrogen-bond acceptors (Lipinski definition) is 4. The quantitative estimate of drug-likeness (QED) is 0.303. The van der Waals surface area contributed by atoms with Gasteiger partial charge in [0.25, 0.3) is 0 Å². The zero-order valence-electron chi connectivity index (χ0n) is 16.9. The van der Waals surface area contributed by atoms with E-state index < -0.39 is 0 Å². The Balaban J connectivity index is 0.00000392. The van der Waals surface area contributed by atoms with Crippen molar-refractivity contribution in [3.05, 3.63) is 54.1 Å². The first kappa shape index (κ1) is 24.0. The van der Waals surface area contributed by atoms with Crippen molar-refractivity contribution in [3.8, 4) is 11.5 Å². The Morgan fingerprint density at radius 3 is 2.39 bits per heavy atom. The minimum atomic E-state index is -0.100. The summed E-state index contributed by atoms with van der Waals surface area (Å²) in [5.74, 6) is 2.08. The summed E-state index contributed by atoms with van der Waals surface area (Å²) < 4.78 is 16.6. The van der Waals surface area contributed by atoms with E-state index in [2.05, 4.69) is 15.6 Å². The topological polar surface area (TPSA) is 64.1 Å². The van der Waals surface area contributed by atoms with Crippen molar-refractivity contribution in [2.45, 2.75) is 20.0 Å². The first-order valence-electron chi connectivity index (χ1n) is 9.15. The Kier molecular flexibility index (Phi) is 11.4. The summed E-state index contributed by atoms with van der Waals surface area (Å²) in [5, 5.41) is 6.56. The monoisotopic (exact) mass is 499 g/mol. The molecule has 0 aliphatic rings. The van der Waals surface area contributed by atoms with Crippen molar-refractivity contribution in [2.75, 3.05) is 39.2 Å². The summed E-state index contributed by atoms with van der Waals surface area (Å²) in [5.41, 5.74) is 1.97. The molecular formula is C21H30IN3O3. The Morgan fingerprint density at radius 2 is 1.79 bits per heavy atom. The van der Waals surface area contributed by atoms with Crippen molar-refractivity contribution >= 4 is 35.6 Å². The van der Waals surface area contributed by atoms with E-state index in [0.717, 1.165) is 17.8 Å². The molecule has 2 rings (SSSR count). The van der Waals surface area contributed by atoms with E-state index in [-0.39, 0.29) is 30.1 Å². The van der Waals surface area contributed by atoms with Gasteiger partial charge in [0.2, 0.25) is 0 Å². The summed E-state index contributed by atoms with van der Waals surface area (Å²) in [6, 6.07) is 15.8. The van der Waals surface area contributed by atoms with Gasteiger partial charge in [-0.15, -0.1) is 24.0 Å². The predicted octanol–water partition coefficient (Wildman–Crippen LogP) is 4.48. The number of halogens is 1. The van der Waals surface area contributed by atoms with Gasteiger partial charge < -0.3 is 24.8 Å². The number of benzene rings is 2. The van der Waals surface area contributed by atoms with Crippen molar-refractivity contribution in [1.29, 1.82) is 0 Å². The maximum absolute atomic E-state index is 5.64. The molecule has 0 bridgehead atoms. The van der Waals surface area contributed by atoms with E-state index in [4.69, 9.17) is 14.2 Å². The van der Waals surface area contributed by atoms with Crippen LogP contribution >= 0.6 is 24.0 Å². The molecule has 0 radical (unpaired) electrons. The van der Waals surface area contributed by atoms with Gasteiger partial charge >= 0.3 is 0 Å². The van der Waals surface area contributed by atoms with Crippen LogP contribution in [-0.2, 0) is 4.74 Å². The average molecular weight is 499 g/mol. The molecule has 0 saturated carbocycles. The lowest BCUT2D eigenvalue weighted by Crippen LogP contribution is -2.31. The highest BCUT2D eigenvalue weighted by molar-refractivity contribution is 14.0. The number of guanidine groups is 1. The van der Waals surface area contributed by atoms with Crippen LogP contribution < -0.4 is 20.1 Å². The number of methoxy groups -OCH3 is 2. The summed E-state index contributed by atoms with van der Waals surface area (Å²) >= 11 is 0. The second-order valence-corrected chi connectivity index (χ2v) is 5.78. The summed E-state index contributed by atoms with van der Waals surface area (Å²) in [6.45, 7) is 5.80. The van der Waals surface area contributed by atoms with Crippen molar-refractivity contribution in [2.24, 2.45) is 4.99 Å². The Labute approximate surface area is 184 Å². The van der Waals surface area contributed by atoms with Crippen LogP contribution in [-0.4, -0.2) is 39.9 Å². The fourth-order valence-electron chi connectivity index (χ4n) is 2.62. The molecule has 1 unspecified atom stereocenters. The molecule has 0 amide bonds.